The molecule has 1 aromatic carbocycles. The molecule has 0 spiro atoms. The van der Waals surface area contributed by atoms with E-state index in [1.54, 1.807) is 17.4 Å². The summed E-state index contributed by atoms with van der Waals surface area (Å²) in [5, 5.41) is 0.150. The number of thiophene rings is 1. The molecule has 2 aromatic rings. The average Bonchev–Trinajstić information content (AvgIpc) is 2.82. The molecular formula is C14H15ClFNS. The van der Waals surface area contributed by atoms with Crippen molar-refractivity contribution >= 4 is 22.9 Å². The Balaban J connectivity index is 2.10. The molecule has 0 saturated heterocycles. The van der Waals surface area contributed by atoms with Crippen molar-refractivity contribution in [3.63, 3.8) is 0 Å². The van der Waals surface area contributed by atoms with Gasteiger partial charge in [0.05, 0.1) is 5.02 Å². The van der Waals surface area contributed by atoms with Gasteiger partial charge in [0, 0.05) is 15.8 Å². The zero-order chi connectivity index (χ0) is 13.1. The first-order valence-electron chi connectivity index (χ1n) is 5.88. The lowest BCUT2D eigenvalue weighted by atomic mass is 10.1. The fourth-order valence-corrected chi connectivity index (χ4v) is 2.88. The molecule has 2 N–H and O–H groups in total. The molecule has 1 unspecified atom stereocenters. The van der Waals surface area contributed by atoms with E-state index in [0.717, 1.165) is 16.9 Å². The molecule has 4 heteroatoms. The highest BCUT2D eigenvalue weighted by molar-refractivity contribution is 7.12. The zero-order valence-electron chi connectivity index (χ0n) is 10.1. The summed E-state index contributed by atoms with van der Waals surface area (Å²) in [5.74, 6) is -0.387. The SMILES string of the molecule is CCc1ccc(C(N)Cc2ccc(Cl)c(F)c2)s1. The Hall–Kier alpha value is -0.900. The number of halogens is 2. The summed E-state index contributed by atoms with van der Waals surface area (Å²) in [6, 6.07) is 8.92. The van der Waals surface area contributed by atoms with Crippen molar-refractivity contribution in [2.24, 2.45) is 5.73 Å². The van der Waals surface area contributed by atoms with Crippen LogP contribution in [0, 0.1) is 5.82 Å². The highest BCUT2D eigenvalue weighted by Crippen LogP contribution is 2.25. The predicted molar refractivity (Wildman–Crippen MR) is 75.7 cm³/mol. The zero-order valence-corrected chi connectivity index (χ0v) is 11.7. The lowest BCUT2D eigenvalue weighted by Gasteiger charge is -2.10. The first-order valence-corrected chi connectivity index (χ1v) is 7.07. The van der Waals surface area contributed by atoms with Crippen molar-refractivity contribution in [3.8, 4) is 0 Å². The van der Waals surface area contributed by atoms with Crippen molar-refractivity contribution in [1.82, 2.24) is 0 Å². The van der Waals surface area contributed by atoms with Gasteiger partial charge in [0.1, 0.15) is 5.82 Å². The number of nitrogens with two attached hydrogens (primary N) is 1. The van der Waals surface area contributed by atoms with Gasteiger partial charge in [-0.2, -0.15) is 0 Å². The lowest BCUT2D eigenvalue weighted by Crippen LogP contribution is -2.11. The van der Waals surface area contributed by atoms with Gasteiger partial charge in [0.25, 0.3) is 0 Å². The second-order valence-electron chi connectivity index (χ2n) is 4.22. The highest BCUT2D eigenvalue weighted by Gasteiger charge is 2.11. The molecule has 0 aliphatic rings. The molecule has 0 bridgehead atoms. The number of rotatable bonds is 4. The summed E-state index contributed by atoms with van der Waals surface area (Å²) in [6.45, 7) is 2.12. The minimum Gasteiger partial charge on any atom is -0.323 e. The van der Waals surface area contributed by atoms with E-state index >= 15 is 0 Å². The van der Waals surface area contributed by atoms with Gasteiger partial charge in [0.2, 0.25) is 0 Å². The maximum absolute atomic E-state index is 13.3. The second kappa shape index (κ2) is 5.83. The summed E-state index contributed by atoms with van der Waals surface area (Å²) >= 11 is 7.37. The Morgan fingerprint density at radius 3 is 2.72 bits per heavy atom. The number of hydrogen-bond acceptors (Lipinski definition) is 2. The van der Waals surface area contributed by atoms with Crippen LogP contribution in [0.3, 0.4) is 0 Å². The molecule has 1 aromatic heterocycles. The van der Waals surface area contributed by atoms with Crippen LogP contribution < -0.4 is 5.73 Å². The summed E-state index contributed by atoms with van der Waals surface area (Å²) in [7, 11) is 0. The van der Waals surface area contributed by atoms with Gasteiger partial charge in [0.15, 0.2) is 0 Å². The van der Waals surface area contributed by atoms with Gasteiger partial charge in [-0.1, -0.05) is 24.6 Å². The van der Waals surface area contributed by atoms with Crippen LogP contribution in [0.25, 0.3) is 0 Å². The van der Waals surface area contributed by atoms with Crippen LogP contribution in [0.4, 0.5) is 4.39 Å². The van der Waals surface area contributed by atoms with Gasteiger partial charge in [-0.15, -0.1) is 11.3 Å². The summed E-state index contributed by atoms with van der Waals surface area (Å²) in [4.78, 5) is 2.46. The third kappa shape index (κ3) is 3.10. The smallest absolute Gasteiger partial charge is 0.142 e. The number of hydrogen-bond donors (Lipinski definition) is 1. The molecule has 0 aliphatic carbocycles. The molecule has 0 saturated carbocycles. The first-order chi connectivity index (χ1) is 8.60. The standard InChI is InChI=1S/C14H15ClFNS/c1-2-10-4-6-14(18-10)13(17)8-9-3-5-11(15)12(16)7-9/h3-7,13H,2,8,17H2,1H3. The minimum absolute atomic E-state index is 0.0872. The normalized spacial score (nSPS) is 12.7. The van der Waals surface area contributed by atoms with Crippen molar-refractivity contribution in [2.75, 3.05) is 0 Å². The molecule has 0 amide bonds. The molecule has 1 heterocycles. The van der Waals surface area contributed by atoms with E-state index in [9.17, 15) is 4.39 Å². The minimum atomic E-state index is -0.387. The third-order valence-corrected chi connectivity index (χ3v) is 4.50. The predicted octanol–water partition coefficient (Wildman–Crippen LogP) is 4.35. The molecular weight excluding hydrogens is 269 g/mol. The summed E-state index contributed by atoms with van der Waals surface area (Å²) in [5.41, 5.74) is 7.01. The maximum Gasteiger partial charge on any atom is 0.142 e. The fraction of sp³-hybridized carbons (Fsp3) is 0.286. The largest absolute Gasteiger partial charge is 0.323 e. The average molecular weight is 284 g/mol. The monoisotopic (exact) mass is 283 g/mol. The molecule has 18 heavy (non-hydrogen) atoms. The van der Waals surface area contributed by atoms with Gasteiger partial charge >= 0.3 is 0 Å². The van der Waals surface area contributed by atoms with E-state index in [2.05, 4.69) is 19.1 Å². The molecule has 96 valence electrons. The van der Waals surface area contributed by atoms with Crippen LogP contribution in [0.2, 0.25) is 5.02 Å². The van der Waals surface area contributed by atoms with E-state index in [-0.39, 0.29) is 16.9 Å². The van der Waals surface area contributed by atoms with Crippen LogP contribution in [0.5, 0.6) is 0 Å². The number of aryl methyl sites for hydroxylation is 1. The van der Waals surface area contributed by atoms with Crippen LogP contribution in [0.1, 0.15) is 28.3 Å². The van der Waals surface area contributed by atoms with Crippen molar-refractivity contribution < 1.29 is 4.39 Å². The molecule has 0 radical (unpaired) electrons. The Bertz CT molecular complexity index is 538. The van der Waals surface area contributed by atoms with Gasteiger partial charge < -0.3 is 5.73 Å². The molecule has 1 atom stereocenters. The lowest BCUT2D eigenvalue weighted by molar-refractivity contribution is 0.623. The van der Waals surface area contributed by atoms with E-state index in [4.69, 9.17) is 17.3 Å². The van der Waals surface area contributed by atoms with Gasteiger partial charge in [-0.3, -0.25) is 0 Å². The van der Waals surface area contributed by atoms with Gasteiger partial charge in [-0.25, -0.2) is 4.39 Å². The van der Waals surface area contributed by atoms with E-state index in [0.29, 0.717) is 6.42 Å². The molecule has 0 fully saturated rings. The molecule has 0 aliphatic heterocycles. The van der Waals surface area contributed by atoms with E-state index in [1.165, 1.54) is 10.9 Å². The van der Waals surface area contributed by atoms with E-state index in [1.807, 2.05) is 6.07 Å². The topological polar surface area (TPSA) is 26.0 Å². The summed E-state index contributed by atoms with van der Waals surface area (Å²) < 4.78 is 13.3. The third-order valence-electron chi connectivity index (χ3n) is 2.84. The van der Waals surface area contributed by atoms with E-state index < -0.39 is 0 Å². The molecule has 2 rings (SSSR count). The molecule has 1 nitrogen and oxygen atoms in total. The van der Waals surface area contributed by atoms with Crippen LogP contribution >= 0.6 is 22.9 Å². The number of benzene rings is 1. The first kappa shape index (κ1) is 13.5. The maximum atomic E-state index is 13.3. The Kier molecular flexibility index (Phi) is 4.38. The van der Waals surface area contributed by atoms with Gasteiger partial charge in [-0.05, 0) is 42.7 Å². The Labute approximate surface area is 115 Å². The Morgan fingerprint density at radius 2 is 2.11 bits per heavy atom. The fourth-order valence-electron chi connectivity index (χ4n) is 1.80. The van der Waals surface area contributed by atoms with Crippen molar-refractivity contribution in [3.05, 3.63) is 56.5 Å². The Morgan fingerprint density at radius 1 is 1.33 bits per heavy atom. The van der Waals surface area contributed by atoms with Crippen molar-refractivity contribution in [2.45, 2.75) is 25.8 Å². The second-order valence-corrected chi connectivity index (χ2v) is 5.82. The highest BCUT2D eigenvalue weighted by atomic mass is 35.5. The van der Waals surface area contributed by atoms with Crippen LogP contribution in [-0.2, 0) is 12.8 Å². The van der Waals surface area contributed by atoms with Crippen molar-refractivity contribution in [1.29, 1.82) is 0 Å². The van der Waals surface area contributed by atoms with Crippen LogP contribution in [-0.4, -0.2) is 0 Å². The van der Waals surface area contributed by atoms with Crippen LogP contribution in [0.15, 0.2) is 30.3 Å². The summed E-state index contributed by atoms with van der Waals surface area (Å²) in [6.07, 6.45) is 1.64. The quantitative estimate of drug-likeness (QED) is 0.887.